The fourth-order valence-electron chi connectivity index (χ4n) is 2.99. The number of hydrogen-bond donors (Lipinski definition) is 2. The van der Waals surface area contributed by atoms with Gasteiger partial charge in [-0.25, -0.2) is 4.79 Å². The van der Waals surface area contributed by atoms with Crippen LogP contribution in [0.5, 0.6) is 0 Å². The highest BCUT2D eigenvalue weighted by atomic mass is 16.5. The van der Waals surface area contributed by atoms with Crippen LogP contribution >= 0.6 is 0 Å². The van der Waals surface area contributed by atoms with Gasteiger partial charge in [-0.3, -0.25) is 9.69 Å². The molecule has 0 aliphatic carbocycles. The van der Waals surface area contributed by atoms with E-state index < -0.39 is 11.5 Å². The van der Waals surface area contributed by atoms with Crippen LogP contribution in [0.25, 0.3) is 10.9 Å². The second-order valence-electron chi connectivity index (χ2n) is 5.85. The Morgan fingerprint density at radius 3 is 2.84 bits per heavy atom. The molecule has 2 aromatic rings. The van der Waals surface area contributed by atoms with Gasteiger partial charge in [0.1, 0.15) is 5.56 Å². The van der Waals surface area contributed by atoms with E-state index in [2.05, 4.69) is 15.2 Å². The first-order chi connectivity index (χ1) is 12.2. The average molecular weight is 345 g/mol. The number of aromatic nitrogens is 1. The fourth-order valence-corrected chi connectivity index (χ4v) is 2.99. The zero-order valence-corrected chi connectivity index (χ0v) is 14.3. The van der Waals surface area contributed by atoms with Crippen molar-refractivity contribution in [1.82, 2.24) is 9.88 Å². The Balaban J connectivity index is 1.88. The van der Waals surface area contributed by atoms with Crippen molar-refractivity contribution in [2.75, 3.05) is 51.3 Å². The molecule has 25 heavy (non-hydrogen) atoms. The summed E-state index contributed by atoms with van der Waals surface area (Å²) in [7, 11) is 0. The van der Waals surface area contributed by atoms with E-state index in [4.69, 9.17) is 9.47 Å². The lowest BCUT2D eigenvalue weighted by molar-refractivity contribution is 0.0398. The summed E-state index contributed by atoms with van der Waals surface area (Å²) < 4.78 is 10.4. The maximum absolute atomic E-state index is 12.4. The number of nitrogens with zero attached hydrogens (tertiary/aromatic N) is 1. The molecule has 1 aliphatic heterocycles. The number of fused-ring (bicyclic) bond motifs is 1. The van der Waals surface area contributed by atoms with Crippen molar-refractivity contribution in [3.63, 3.8) is 0 Å². The van der Waals surface area contributed by atoms with Crippen LogP contribution in [-0.2, 0) is 9.47 Å². The SMILES string of the molecule is CCOC(=O)c1c(NCCN2CCOCC2)c2ccccc2[nH]c1=O. The number of nitrogens with one attached hydrogen (secondary N) is 2. The molecular weight excluding hydrogens is 322 g/mol. The quantitative estimate of drug-likeness (QED) is 0.771. The summed E-state index contributed by atoms with van der Waals surface area (Å²) in [5.74, 6) is -0.608. The maximum atomic E-state index is 12.4. The van der Waals surface area contributed by atoms with Gasteiger partial charge in [-0.05, 0) is 13.0 Å². The number of aromatic amines is 1. The highest BCUT2D eigenvalue weighted by Gasteiger charge is 2.20. The van der Waals surface area contributed by atoms with E-state index in [1.54, 1.807) is 6.92 Å². The Morgan fingerprint density at radius 1 is 1.32 bits per heavy atom. The van der Waals surface area contributed by atoms with Gasteiger partial charge in [0.05, 0.1) is 31.0 Å². The lowest BCUT2D eigenvalue weighted by Gasteiger charge is -2.26. The third kappa shape index (κ3) is 4.00. The second kappa shape index (κ2) is 8.13. The number of carbonyl (C=O) groups excluding carboxylic acids is 1. The zero-order chi connectivity index (χ0) is 17.6. The molecule has 2 heterocycles. The molecule has 0 unspecified atom stereocenters. The predicted octanol–water partition coefficient (Wildman–Crippen LogP) is 1.45. The van der Waals surface area contributed by atoms with Gasteiger partial charge >= 0.3 is 5.97 Å². The predicted molar refractivity (Wildman–Crippen MR) is 96.3 cm³/mol. The number of benzene rings is 1. The van der Waals surface area contributed by atoms with Crippen molar-refractivity contribution in [2.45, 2.75) is 6.92 Å². The van der Waals surface area contributed by atoms with Crippen molar-refractivity contribution < 1.29 is 14.3 Å². The van der Waals surface area contributed by atoms with Gasteiger partial charge < -0.3 is 19.8 Å². The lowest BCUT2D eigenvalue weighted by atomic mass is 10.1. The molecule has 0 spiro atoms. The first kappa shape index (κ1) is 17.4. The molecule has 0 amide bonds. The largest absolute Gasteiger partial charge is 0.462 e. The molecule has 7 nitrogen and oxygen atoms in total. The lowest BCUT2D eigenvalue weighted by Crippen LogP contribution is -2.39. The molecule has 0 radical (unpaired) electrons. The Hall–Kier alpha value is -2.38. The normalized spacial score (nSPS) is 15.2. The summed E-state index contributed by atoms with van der Waals surface area (Å²) in [5, 5.41) is 4.08. The number of hydrogen-bond acceptors (Lipinski definition) is 6. The van der Waals surface area contributed by atoms with Crippen LogP contribution in [0, 0.1) is 0 Å². The summed E-state index contributed by atoms with van der Waals surface area (Å²) in [6, 6.07) is 7.42. The van der Waals surface area contributed by atoms with Crippen LogP contribution in [0.2, 0.25) is 0 Å². The average Bonchev–Trinajstić information content (AvgIpc) is 2.62. The maximum Gasteiger partial charge on any atom is 0.345 e. The first-order valence-electron chi connectivity index (χ1n) is 8.57. The molecule has 0 atom stereocenters. The Bertz CT molecular complexity index is 796. The fraction of sp³-hybridized carbons (Fsp3) is 0.444. The summed E-state index contributed by atoms with van der Waals surface area (Å²) in [5.41, 5.74) is 0.814. The molecule has 2 N–H and O–H groups in total. The van der Waals surface area contributed by atoms with Crippen molar-refractivity contribution in [2.24, 2.45) is 0 Å². The van der Waals surface area contributed by atoms with Crippen molar-refractivity contribution in [1.29, 1.82) is 0 Å². The molecule has 1 aromatic heterocycles. The van der Waals surface area contributed by atoms with E-state index in [1.807, 2.05) is 24.3 Å². The van der Waals surface area contributed by atoms with Crippen LogP contribution in [0.15, 0.2) is 29.1 Å². The summed E-state index contributed by atoms with van der Waals surface area (Å²) in [6.45, 7) is 6.64. The summed E-state index contributed by atoms with van der Waals surface area (Å²) >= 11 is 0. The number of morpholine rings is 1. The number of rotatable bonds is 6. The highest BCUT2D eigenvalue weighted by molar-refractivity contribution is 6.04. The van der Waals surface area contributed by atoms with Crippen molar-refractivity contribution >= 4 is 22.6 Å². The van der Waals surface area contributed by atoms with E-state index in [-0.39, 0.29) is 12.2 Å². The Kier molecular flexibility index (Phi) is 5.67. The number of ether oxygens (including phenoxy) is 2. The minimum Gasteiger partial charge on any atom is -0.462 e. The minimum absolute atomic E-state index is 0.0301. The minimum atomic E-state index is -0.608. The van der Waals surface area contributed by atoms with Gasteiger partial charge in [-0.1, -0.05) is 18.2 Å². The molecule has 3 rings (SSSR count). The van der Waals surface area contributed by atoms with Crippen molar-refractivity contribution in [3.8, 4) is 0 Å². The van der Waals surface area contributed by atoms with Crippen LogP contribution in [0.4, 0.5) is 5.69 Å². The summed E-state index contributed by atoms with van der Waals surface area (Å²) in [4.78, 5) is 29.7. The van der Waals surface area contributed by atoms with Crippen molar-refractivity contribution in [3.05, 3.63) is 40.2 Å². The summed E-state index contributed by atoms with van der Waals surface area (Å²) in [6.07, 6.45) is 0. The number of esters is 1. The van der Waals surface area contributed by atoms with Gasteiger partial charge in [0.25, 0.3) is 5.56 Å². The zero-order valence-electron chi connectivity index (χ0n) is 14.3. The van der Waals surface area contributed by atoms with E-state index in [1.165, 1.54) is 0 Å². The molecule has 1 fully saturated rings. The smallest absolute Gasteiger partial charge is 0.345 e. The van der Waals surface area contributed by atoms with E-state index in [9.17, 15) is 9.59 Å². The number of anilines is 1. The van der Waals surface area contributed by atoms with E-state index in [0.29, 0.717) is 17.7 Å². The van der Waals surface area contributed by atoms with Gasteiger partial charge in [-0.15, -0.1) is 0 Å². The van der Waals surface area contributed by atoms with E-state index in [0.717, 1.165) is 38.2 Å². The molecule has 7 heteroatoms. The monoisotopic (exact) mass is 345 g/mol. The Morgan fingerprint density at radius 2 is 2.08 bits per heavy atom. The van der Waals surface area contributed by atoms with Gasteiger partial charge in [0, 0.05) is 31.6 Å². The number of carbonyl (C=O) groups is 1. The molecule has 134 valence electrons. The molecular formula is C18H23N3O4. The molecule has 1 aliphatic rings. The topological polar surface area (TPSA) is 83.7 Å². The van der Waals surface area contributed by atoms with Crippen LogP contribution in [-0.4, -0.2) is 61.9 Å². The number of para-hydroxylation sites is 1. The molecule has 0 saturated carbocycles. The van der Waals surface area contributed by atoms with Crippen LogP contribution < -0.4 is 10.9 Å². The second-order valence-corrected chi connectivity index (χ2v) is 5.85. The van der Waals surface area contributed by atoms with Gasteiger partial charge in [0.2, 0.25) is 0 Å². The molecule has 1 saturated heterocycles. The van der Waals surface area contributed by atoms with Crippen LogP contribution in [0.1, 0.15) is 17.3 Å². The third-order valence-electron chi connectivity index (χ3n) is 4.23. The van der Waals surface area contributed by atoms with Crippen LogP contribution in [0.3, 0.4) is 0 Å². The molecule has 1 aromatic carbocycles. The Labute approximate surface area is 145 Å². The van der Waals surface area contributed by atoms with E-state index >= 15 is 0 Å². The van der Waals surface area contributed by atoms with Gasteiger partial charge in [0.15, 0.2) is 0 Å². The highest BCUT2D eigenvalue weighted by Crippen LogP contribution is 2.24. The first-order valence-corrected chi connectivity index (χ1v) is 8.57. The number of H-pyrrole nitrogens is 1. The number of pyridine rings is 1. The van der Waals surface area contributed by atoms with Gasteiger partial charge in [-0.2, -0.15) is 0 Å². The third-order valence-corrected chi connectivity index (χ3v) is 4.23. The standard InChI is InChI=1S/C18H23N3O4/c1-2-25-18(23)15-16(19-7-8-21-9-11-24-12-10-21)13-5-3-4-6-14(13)20-17(15)22/h3-6H,2,7-12H2,1H3,(H2,19,20,22). The molecule has 0 bridgehead atoms.